The average Bonchev–Trinajstić information content (AvgIpc) is 2.98. The molecule has 1 aliphatic heterocycles. The first-order valence-corrected chi connectivity index (χ1v) is 8.43. The summed E-state index contributed by atoms with van der Waals surface area (Å²) in [6.45, 7) is 4.75. The first kappa shape index (κ1) is 17.1. The summed E-state index contributed by atoms with van der Waals surface area (Å²) in [6, 6.07) is 13.4. The van der Waals surface area contributed by atoms with Crippen LogP contribution in [-0.2, 0) is 9.59 Å². The van der Waals surface area contributed by atoms with Gasteiger partial charge in [-0.1, -0.05) is 26.0 Å². The van der Waals surface area contributed by atoms with Crippen molar-refractivity contribution >= 4 is 23.2 Å². The summed E-state index contributed by atoms with van der Waals surface area (Å²) < 4.78 is 12.9. The van der Waals surface area contributed by atoms with E-state index in [0.29, 0.717) is 24.6 Å². The zero-order valence-electron chi connectivity index (χ0n) is 14.3. The molecule has 0 radical (unpaired) electrons. The minimum atomic E-state index is -0.713. The number of benzene rings is 2. The molecule has 5 heteroatoms. The number of hydrogen-bond donors (Lipinski definition) is 1. The average molecular weight is 340 g/mol. The number of rotatable bonds is 4. The summed E-state index contributed by atoms with van der Waals surface area (Å²) in [5, 5.41) is 2.68. The van der Waals surface area contributed by atoms with Gasteiger partial charge in [0.15, 0.2) is 0 Å². The lowest BCUT2D eigenvalue weighted by Crippen LogP contribution is -2.33. The number of carbonyl (C=O) groups excluding carboxylic acids is 2. The summed E-state index contributed by atoms with van der Waals surface area (Å²) >= 11 is 0. The number of carbonyl (C=O) groups is 2. The Kier molecular flexibility index (Phi) is 4.83. The van der Waals surface area contributed by atoms with Crippen LogP contribution in [0.2, 0.25) is 0 Å². The van der Waals surface area contributed by atoms with Crippen LogP contribution in [-0.4, -0.2) is 18.4 Å². The molecule has 2 amide bonds. The first-order valence-electron chi connectivity index (χ1n) is 8.43. The third kappa shape index (κ3) is 3.71. The van der Waals surface area contributed by atoms with Gasteiger partial charge in [0.1, 0.15) is 11.7 Å². The molecular weight excluding hydrogens is 319 g/mol. The quantitative estimate of drug-likeness (QED) is 0.857. The fourth-order valence-electron chi connectivity index (χ4n) is 2.98. The van der Waals surface area contributed by atoms with Crippen molar-refractivity contribution in [2.24, 2.45) is 5.92 Å². The SMILES string of the molecule is CC(C)c1ccc(N2CCC(C(=O)Nc3ccc(F)cc3)C2=O)cc1. The van der Waals surface area contributed by atoms with E-state index >= 15 is 0 Å². The molecule has 25 heavy (non-hydrogen) atoms. The third-order valence-electron chi connectivity index (χ3n) is 4.51. The topological polar surface area (TPSA) is 49.4 Å². The molecule has 3 rings (SSSR count). The molecule has 1 atom stereocenters. The molecule has 1 unspecified atom stereocenters. The van der Waals surface area contributed by atoms with E-state index < -0.39 is 5.92 Å². The van der Waals surface area contributed by atoms with Gasteiger partial charge in [0, 0.05) is 17.9 Å². The zero-order chi connectivity index (χ0) is 18.0. The largest absolute Gasteiger partial charge is 0.325 e. The monoisotopic (exact) mass is 340 g/mol. The van der Waals surface area contributed by atoms with Crippen molar-refractivity contribution in [3.05, 3.63) is 59.9 Å². The van der Waals surface area contributed by atoms with Crippen molar-refractivity contribution in [2.75, 3.05) is 16.8 Å². The lowest BCUT2D eigenvalue weighted by atomic mass is 10.0. The maximum atomic E-state index is 12.9. The van der Waals surface area contributed by atoms with Crippen LogP contribution in [0.1, 0.15) is 31.7 Å². The number of nitrogens with zero attached hydrogens (tertiary/aromatic N) is 1. The Balaban J connectivity index is 1.68. The molecular formula is C20H21FN2O2. The van der Waals surface area contributed by atoms with E-state index in [0.717, 1.165) is 5.69 Å². The molecule has 0 aromatic heterocycles. The molecule has 1 fully saturated rings. The highest BCUT2D eigenvalue weighted by Crippen LogP contribution is 2.27. The van der Waals surface area contributed by atoms with E-state index in [1.54, 1.807) is 4.90 Å². The lowest BCUT2D eigenvalue weighted by Gasteiger charge is -2.18. The summed E-state index contributed by atoms with van der Waals surface area (Å²) in [5.41, 5.74) is 2.51. The third-order valence-corrected chi connectivity index (χ3v) is 4.51. The van der Waals surface area contributed by atoms with Crippen LogP contribution in [0.5, 0.6) is 0 Å². The second kappa shape index (κ2) is 7.05. The minimum absolute atomic E-state index is 0.197. The van der Waals surface area contributed by atoms with Crippen molar-refractivity contribution in [1.82, 2.24) is 0 Å². The lowest BCUT2D eigenvalue weighted by molar-refractivity contribution is -0.129. The Morgan fingerprint density at radius 1 is 1.12 bits per heavy atom. The summed E-state index contributed by atoms with van der Waals surface area (Å²) in [4.78, 5) is 26.6. The van der Waals surface area contributed by atoms with Crippen LogP contribution in [0, 0.1) is 11.7 Å². The molecule has 0 aliphatic carbocycles. The molecule has 2 aromatic carbocycles. The molecule has 2 aromatic rings. The smallest absolute Gasteiger partial charge is 0.239 e. The van der Waals surface area contributed by atoms with E-state index in [4.69, 9.17) is 0 Å². The molecule has 1 N–H and O–H groups in total. The molecule has 0 saturated carbocycles. The highest BCUT2D eigenvalue weighted by molar-refractivity contribution is 6.13. The van der Waals surface area contributed by atoms with Crippen molar-refractivity contribution in [3.63, 3.8) is 0 Å². The van der Waals surface area contributed by atoms with Crippen LogP contribution >= 0.6 is 0 Å². The molecule has 1 saturated heterocycles. The predicted octanol–water partition coefficient (Wildman–Crippen LogP) is 3.94. The van der Waals surface area contributed by atoms with Crippen LogP contribution in [0.25, 0.3) is 0 Å². The van der Waals surface area contributed by atoms with E-state index in [1.165, 1.54) is 29.8 Å². The van der Waals surface area contributed by atoms with E-state index in [2.05, 4.69) is 19.2 Å². The Morgan fingerprint density at radius 3 is 2.36 bits per heavy atom. The molecule has 0 bridgehead atoms. The molecule has 4 nitrogen and oxygen atoms in total. The minimum Gasteiger partial charge on any atom is -0.325 e. The number of hydrogen-bond acceptors (Lipinski definition) is 2. The summed E-state index contributed by atoms with van der Waals surface area (Å²) in [5.74, 6) is -1.20. The van der Waals surface area contributed by atoms with Crippen LogP contribution in [0.3, 0.4) is 0 Å². The second-order valence-corrected chi connectivity index (χ2v) is 6.57. The number of halogens is 1. The molecule has 0 spiro atoms. The van der Waals surface area contributed by atoms with Crippen molar-refractivity contribution in [1.29, 1.82) is 0 Å². The highest BCUT2D eigenvalue weighted by atomic mass is 19.1. The van der Waals surface area contributed by atoms with Gasteiger partial charge >= 0.3 is 0 Å². The summed E-state index contributed by atoms with van der Waals surface area (Å²) in [6.07, 6.45) is 0.470. The Labute approximate surface area is 146 Å². The van der Waals surface area contributed by atoms with Crippen LogP contribution in [0.4, 0.5) is 15.8 Å². The van der Waals surface area contributed by atoms with E-state index in [-0.39, 0.29) is 17.6 Å². The van der Waals surface area contributed by atoms with Gasteiger partial charge in [-0.3, -0.25) is 9.59 Å². The highest BCUT2D eigenvalue weighted by Gasteiger charge is 2.37. The molecule has 1 heterocycles. The Bertz CT molecular complexity index is 769. The molecule has 130 valence electrons. The van der Waals surface area contributed by atoms with Crippen LogP contribution < -0.4 is 10.2 Å². The number of nitrogens with one attached hydrogen (secondary N) is 1. The fourth-order valence-corrected chi connectivity index (χ4v) is 2.98. The van der Waals surface area contributed by atoms with Crippen molar-refractivity contribution in [2.45, 2.75) is 26.2 Å². The molecule has 1 aliphatic rings. The maximum Gasteiger partial charge on any atom is 0.239 e. The van der Waals surface area contributed by atoms with Gasteiger partial charge in [-0.05, 0) is 54.3 Å². The normalized spacial score (nSPS) is 17.2. The standard InChI is InChI=1S/C20H21FN2O2/c1-13(2)14-3-9-17(10-4-14)23-12-11-18(20(23)25)19(24)22-16-7-5-15(21)6-8-16/h3-10,13,18H,11-12H2,1-2H3,(H,22,24). The number of amides is 2. The van der Waals surface area contributed by atoms with Crippen molar-refractivity contribution < 1.29 is 14.0 Å². The van der Waals surface area contributed by atoms with Gasteiger partial charge in [0.25, 0.3) is 0 Å². The number of anilines is 2. The second-order valence-electron chi connectivity index (χ2n) is 6.57. The summed E-state index contributed by atoms with van der Waals surface area (Å²) in [7, 11) is 0. The first-order chi connectivity index (χ1) is 12.0. The van der Waals surface area contributed by atoms with E-state index in [1.807, 2.05) is 24.3 Å². The van der Waals surface area contributed by atoms with Gasteiger partial charge in [0.2, 0.25) is 11.8 Å². The van der Waals surface area contributed by atoms with Gasteiger partial charge in [-0.15, -0.1) is 0 Å². The Hall–Kier alpha value is -2.69. The predicted molar refractivity (Wildman–Crippen MR) is 96.0 cm³/mol. The van der Waals surface area contributed by atoms with Gasteiger partial charge in [0.05, 0.1) is 0 Å². The van der Waals surface area contributed by atoms with Gasteiger partial charge < -0.3 is 10.2 Å². The van der Waals surface area contributed by atoms with Gasteiger partial charge in [-0.2, -0.15) is 0 Å². The van der Waals surface area contributed by atoms with Crippen molar-refractivity contribution in [3.8, 4) is 0 Å². The fraction of sp³-hybridized carbons (Fsp3) is 0.300. The maximum absolute atomic E-state index is 12.9. The van der Waals surface area contributed by atoms with E-state index in [9.17, 15) is 14.0 Å². The van der Waals surface area contributed by atoms with Gasteiger partial charge in [-0.25, -0.2) is 4.39 Å². The Morgan fingerprint density at radius 2 is 1.76 bits per heavy atom. The van der Waals surface area contributed by atoms with Crippen LogP contribution in [0.15, 0.2) is 48.5 Å². The zero-order valence-corrected chi connectivity index (χ0v) is 14.3.